The summed E-state index contributed by atoms with van der Waals surface area (Å²) in [4.78, 5) is 8.68. The third kappa shape index (κ3) is 3.74. The van der Waals surface area contributed by atoms with E-state index in [-0.39, 0.29) is 0 Å². The second-order valence-corrected chi connectivity index (χ2v) is 5.89. The molecule has 3 rings (SSSR count). The van der Waals surface area contributed by atoms with E-state index in [0.29, 0.717) is 11.0 Å². The molecule has 3 aromatic rings. The molecule has 0 saturated carbocycles. The van der Waals surface area contributed by atoms with Gasteiger partial charge in [0.1, 0.15) is 16.8 Å². The summed E-state index contributed by atoms with van der Waals surface area (Å²) < 4.78 is 1.85. The minimum Gasteiger partial charge on any atom is -0.369 e. The Hall–Kier alpha value is -2.40. The van der Waals surface area contributed by atoms with E-state index in [1.807, 2.05) is 23.9 Å². The fourth-order valence-corrected chi connectivity index (χ4v) is 2.93. The van der Waals surface area contributed by atoms with Crippen molar-refractivity contribution < 1.29 is 0 Å². The molecule has 0 unspecified atom stereocenters. The Morgan fingerprint density at radius 3 is 2.62 bits per heavy atom. The van der Waals surface area contributed by atoms with Crippen LogP contribution in [0.3, 0.4) is 0 Å². The second kappa shape index (κ2) is 7.45. The fraction of sp³-hybridized carbons (Fsp3) is 0.278. The van der Waals surface area contributed by atoms with E-state index in [1.54, 1.807) is 6.20 Å². The van der Waals surface area contributed by atoms with Crippen LogP contribution < -0.4 is 5.32 Å². The molecule has 0 saturated heterocycles. The highest BCUT2D eigenvalue weighted by molar-refractivity contribution is 6.30. The summed E-state index contributed by atoms with van der Waals surface area (Å²) in [6.07, 6.45) is 5.42. The van der Waals surface area contributed by atoms with Crippen LogP contribution in [-0.4, -0.2) is 26.3 Å². The topological polar surface area (TPSA) is 55.6 Å². The molecular formula is C18H20ClN5. The molecule has 0 radical (unpaired) electrons. The molecule has 0 aliphatic carbocycles. The molecule has 1 aromatic carbocycles. The predicted molar refractivity (Wildman–Crippen MR) is 96.9 cm³/mol. The number of hydrogen-bond donors (Lipinski definition) is 1. The number of hydrogen-bond acceptors (Lipinski definition) is 4. The number of anilines is 1. The summed E-state index contributed by atoms with van der Waals surface area (Å²) in [6, 6.07) is 10.3. The first-order valence-corrected chi connectivity index (χ1v) is 8.41. The SMILES string of the molecule is CCc1c(Cl)nc(C)nc1NCCc1ccc(-n2cccn2)cc1. The van der Waals surface area contributed by atoms with Gasteiger partial charge in [-0.15, -0.1) is 0 Å². The van der Waals surface area contributed by atoms with Crippen molar-refractivity contribution in [3.8, 4) is 5.69 Å². The zero-order chi connectivity index (χ0) is 16.9. The Kier molecular flexibility index (Phi) is 5.11. The van der Waals surface area contributed by atoms with Gasteiger partial charge in [0, 0.05) is 24.5 Å². The Morgan fingerprint density at radius 1 is 1.17 bits per heavy atom. The molecule has 24 heavy (non-hydrogen) atoms. The Bertz CT molecular complexity index is 797. The molecule has 6 heteroatoms. The van der Waals surface area contributed by atoms with Crippen molar-refractivity contribution in [1.82, 2.24) is 19.7 Å². The first kappa shape index (κ1) is 16.5. The number of benzene rings is 1. The van der Waals surface area contributed by atoms with Gasteiger partial charge in [0.25, 0.3) is 0 Å². The molecule has 0 atom stereocenters. The maximum atomic E-state index is 6.20. The number of aromatic nitrogens is 4. The smallest absolute Gasteiger partial charge is 0.138 e. The van der Waals surface area contributed by atoms with Crippen molar-refractivity contribution in [2.75, 3.05) is 11.9 Å². The molecule has 0 amide bonds. The van der Waals surface area contributed by atoms with E-state index in [1.165, 1.54) is 5.56 Å². The number of nitrogens with zero attached hydrogens (tertiary/aromatic N) is 4. The molecule has 5 nitrogen and oxygen atoms in total. The standard InChI is InChI=1S/C18H20ClN5/c1-3-16-17(19)22-13(2)23-18(16)20-11-9-14-5-7-15(8-6-14)24-12-4-10-21-24/h4-8,10,12H,3,9,11H2,1-2H3,(H,20,22,23). The van der Waals surface area contributed by atoms with Crippen molar-refractivity contribution in [3.05, 3.63) is 64.8 Å². The van der Waals surface area contributed by atoms with Crippen LogP contribution in [0.1, 0.15) is 23.9 Å². The zero-order valence-corrected chi connectivity index (χ0v) is 14.6. The van der Waals surface area contributed by atoms with Crippen LogP contribution in [-0.2, 0) is 12.8 Å². The molecule has 0 fully saturated rings. The van der Waals surface area contributed by atoms with Gasteiger partial charge < -0.3 is 5.32 Å². The van der Waals surface area contributed by atoms with Gasteiger partial charge in [0.15, 0.2) is 0 Å². The van der Waals surface area contributed by atoms with Gasteiger partial charge in [-0.1, -0.05) is 30.7 Å². The highest BCUT2D eigenvalue weighted by Crippen LogP contribution is 2.21. The maximum Gasteiger partial charge on any atom is 0.138 e. The summed E-state index contributed by atoms with van der Waals surface area (Å²) in [5.74, 6) is 1.52. The molecule has 2 heterocycles. The first-order chi connectivity index (χ1) is 11.7. The van der Waals surface area contributed by atoms with Crippen LogP contribution in [0.2, 0.25) is 5.15 Å². The summed E-state index contributed by atoms with van der Waals surface area (Å²) >= 11 is 6.20. The largest absolute Gasteiger partial charge is 0.369 e. The Morgan fingerprint density at radius 2 is 1.96 bits per heavy atom. The average Bonchev–Trinajstić information content (AvgIpc) is 3.10. The van der Waals surface area contributed by atoms with E-state index in [2.05, 4.69) is 51.6 Å². The molecule has 1 N–H and O–H groups in total. The summed E-state index contributed by atoms with van der Waals surface area (Å²) in [7, 11) is 0. The molecule has 124 valence electrons. The highest BCUT2D eigenvalue weighted by Gasteiger charge is 2.09. The van der Waals surface area contributed by atoms with Gasteiger partial charge in [0.2, 0.25) is 0 Å². The van der Waals surface area contributed by atoms with Crippen molar-refractivity contribution in [2.24, 2.45) is 0 Å². The van der Waals surface area contributed by atoms with Crippen molar-refractivity contribution in [1.29, 1.82) is 0 Å². The van der Waals surface area contributed by atoms with E-state index in [0.717, 1.165) is 36.5 Å². The summed E-state index contributed by atoms with van der Waals surface area (Å²) in [5.41, 5.74) is 3.29. The van der Waals surface area contributed by atoms with E-state index < -0.39 is 0 Å². The summed E-state index contributed by atoms with van der Waals surface area (Å²) in [5, 5.41) is 8.15. The molecule has 0 aliphatic heterocycles. The van der Waals surface area contributed by atoms with Gasteiger partial charge >= 0.3 is 0 Å². The van der Waals surface area contributed by atoms with Crippen LogP contribution in [0.25, 0.3) is 5.69 Å². The van der Waals surface area contributed by atoms with Gasteiger partial charge in [-0.05, 0) is 43.5 Å². The lowest BCUT2D eigenvalue weighted by atomic mass is 10.1. The van der Waals surface area contributed by atoms with E-state index in [4.69, 9.17) is 11.6 Å². The predicted octanol–water partition coefficient (Wildman–Crippen LogP) is 3.84. The van der Waals surface area contributed by atoms with E-state index in [9.17, 15) is 0 Å². The van der Waals surface area contributed by atoms with Crippen LogP contribution in [0.15, 0.2) is 42.7 Å². The molecule has 0 aliphatic rings. The molecular weight excluding hydrogens is 322 g/mol. The number of aryl methyl sites for hydroxylation is 1. The summed E-state index contributed by atoms with van der Waals surface area (Å²) in [6.45, 7) is 4.70. The number of nitrogens with one attached hydrogen (secondary N) is 1. The van der Waals surface area contributed by atoms with Gasteiger partial charge in [0.05, 0.1) is 5.69 Å². The molecule has 0 spiro atoms. The Balaban J connectivity index is 1.63. The van der Waals surface area contributed by atoms with Crippen LogP contribution in [0.4, 0.5) is 5.82 Å². The lowest BCUT2D eigenvalue weighted by molar-refractivity contribution is 0.878. The first-order valence-electron chi connectivity index (χ1n) is 8.03. The minimum absolute atomic E-state index is 0.538. The van der Waals surface area contributed by atoms with Crippen LogP contribution in [0, 0.1) is 6.92 Å². The van der Waals surface area contributed by atoms with Crippen LogP contribution in [0.5, 0.6) is 0 Å². The van der Waals surface area contributed by atoms with E-state index >= 15 is 0 Å². The van der Waals surface area contributed by atoms with Gasteiger partial charge in [-0.3, -0.25) is 0 Å². The van der Waals surface area contributed by atoms with Crippen molar-refractivity contribution in [2.45, 2.75) is 26.7 Å². The highest BCUT2D eigenvalue weighted by atomic mass is 35.5. The van der Waals surface area contributed by atoms with Crippen molar-refractivity contribution >= 4 is 17.4 Å². The maximum absolute atomic E-state index is 6.20. The monoisotopic (exact) mass is 341 g/mol. The van der Waals surface area contributed by atoms with Crippen LogP contribution >= 0.6 is 11.6 Å². The Labute approximate surface area is 146 Å². The third-order valence-corrected chi connectivity index (χ3v) is 4.15. The number of rotatable bonds is 6. The normalized spacial score (nSPS) is 10.8. The zero-order valence-electron chi connectivity index (χ0n) is 13.8. The minimum atomic E-state index is 0.538. The lowest BCUT2D eigenvalue weighted by Gasteiger charge is -2.12. The fourth-order valence-electron chi connectivity index (χ4n) is 2.58. The average molecular weight is 342 g/mol. The van der Waals surface area contributed by atoms with Gasteiger partial charge in [-0.2, -0.15) is 5.10 Å². The lowest BCUT2D eigenvalue weighted by Crippen LogP contribution is -2.10. The third-order valence-electron chi connectivity index (χ3n) is 3.83. The molecule has 2 aromatic heterocycles. The van der Waals surface area contributed by atoms with Gasteiger partial charge in [-0.25, -0.2) is 14.6 Å². The quantitative estimate of drug-likeness (QED) is 0.692. The number of halogens is 1. The molecule has 0 bridgehead atoms. The second-order valence-electron chi connectivity index (χ2n) is 5.54. The van der Waals surface area contributed by atoms with Crippen molar-refractivity contribution in [3.63, 3.8) is 0 Å².